The van der Waals surface area contributed by atoms with Gasteiger partial charge in [-0.25, -0.2) is 0 Å². The molecule has 0 spiro atoms. The Morgan fingerprint density at radius 2 is 2.20 bits per heavy atom. The molecule has 3 nitrogen and oxygen atoms in total. The Balaban J connectivity index is 1.91. The number of anilines is 1. The predicted octanol–water partition coefficient (Wildman–Crippen LogP) is 3.07. The Bertz CT molecular complexity index is 298. The Morgan fingerprint density at radius 3 is 2.87 bits per heavy atom. The summed E-state index contributed by atoms with van der Waals surface area (Å²) in [5.74, 6) is 0.680. The SMILES string of the molecule is CC(C)CNc1cnn(C2CCCC2)c1. The fourth-order valence-electron chi connectivity index (χ4n) is 2.12. The zero-order valence-corrected chi connectivity index (χ0v) is 9.74. The third-order valence-electron chi connectivity index (χ3n) is 3.01. The summed E-state index contributed by atoms with van der Waals surface area (Å²) in [7, 11) is 0. The molecule has 0 aromatic carbocycles. The zero-order chi connectivity index (χ0) is 10.7. The Morgan fingerprint density at radius 1 is 1.47 bits per heavy atom. The number of rotatable bonds is 4. The van der Waals surface area contributed by atoms with E-state index in [1.54, 1.807) is 0 Å². The first-order valence-electron chi connectivity index (χ1n) is 6.03. The number of aromatic nitrogens is 2. The van der Waals surface area contributed by atoms with Gasteiger partial charge in [-0.15, -0.1) is 0 Å². The summed E-state index contributed by atoms with van der Waals surface area (Å²) in [5, 5.41) is 7.83. The van der Waals surface area contributed by atoms with Crippen LogP contribution < -0.4 is 5.32 Å². The van der Waals surface area contributed by atoms with Crippen LogP contribution in [-0.4, -0.2) is 16.3 Å². The first-order valence-corrected chi connectivity index (χ1v) is 6.03. The van der Waals surface area contributed by atoms with Crippen LogP contribution in [-0.2, 0) is 0 Å². The lowest BCUT2D eigenvalue weighted by atomic mass is 10.2. The van der Waals surface area contributed by atoms with Crippen molar-refractivity contribution in [2.24, 2.45) is 5.92 Å². The predicted molar refractivity (Wildman–Crippen MR) is 63.1 cm³/mol. The Labute approximate surface area is 91.9 Å². The van der Waals surface area contributed by atoms with Crippen molar-refractivity contribution < 1.29 is 0 Å². The molecular weight excluding hydrogens is 186 g/mol. The van der Waals surface area contributed by atoms with Gasteiger partial charge in [-0.05, 0) is 18.8 Å². The second-order valence-electron chi connectivity index (χ2n) is 4.92. The second kappa shape index (κ2) is 4.69. The molecule has 1 saturated carbocycles. The molecule has 1 aliphatic rings. The molecule has 1 N–H and O–H groups in total. The third-order valence-corrected chi connectivity index (χ3v) is 3.01. The Hall–Kier alpha value is -0.990. The van der Waals surface area contributed by atoms with Gasteiger partial charge >= 0.3 is 0 Å². The van der Waals surface area contributed by atoms with E-state index >= 15 is 0 Å². The lowest BCUT2D eigenvalue weighted by Gasteiger charge is -2.09. The minimum atomic E-state index is 0.652. The average Bonchev–Trinajstić information content (AvgIpc) is 2.85. The van der Waals surface area contributed by atoms with Crippen molar-refractivity contribution in [1.29, 1.82) is 0 Å². The summed E-state index contributed by atoms with van der Waals surface area (Å²) in [6, 6.07) is 0.652. The highest BCUT2D eigenvalue weighted by Crippen LogP contribution is 2.29. The lowest BCUT2D eigenvalue weighted by Crippen LogP contribution is -2.07. The molecule has 15 heavy (non-hydrogen) atoms. The highest BCUT2D eigenvalue weighted by atomic mass is 15.3. The van der Waals surface area contributed by atoms with E-state index < -0.39 is 0 Å². The average molecular weight is 207 g/mol. The largest absolute Gasteiger partial charge is 0.382 e. The maximum absolute atomic E-state index is 4.43. The number of hydrogen-bond donors (Lipinski definition) is 1. The van der Waals surface area contributed by atoms with Crippen LogP contribution in [0.4, 0.5) is 5.69 Å². The standard InChI is InChI=1S/C12H21N3/c1-10(2)7-13-11-8-14-15(9-11)12-5-3-4-6-12/h8-10,12-13H,3-7H2,1-2H3. The van der Waals surface area contributed by atoms with Gasteiger partial charge in [-0.1, -0.05) is 26.7 Å². The molecule has 84 valence electrons. The number of nitrogens with one attached hydrogen (secondary N) is 1. The van der Waals surface area contributed by atoms with Crippen LogP contribution in [0.1, 0.15) is 45.6 Å². The van der Waals surface area contributed by atoms with Crippen molar-refractivity contribution in [1.82, 2.24) is 9.78 Å². The fourth-order valence-corrected chi connectivity index (χ4v) is 2.12. The monoisotopic (exact) mass is 207 g/mol. The molecule has 3 heteroatoms. The van der Waals surface area contributed by atoms with Crippen LogP contribution in [0.5, 0.6) is 0 Å². The van der Waals surface area contributed by atoms with E-state index in [-0.39, 0.29) is 0 Å². The van der Waals surface area contributed by atoms with Crippen molar-refractivity contribution in [2.45, 2.75) is 45.6 Å². The molecule has 0 aliphatic heterocycles. The van der Waals surface area contributed by atoms with Crippen LogP contribution in [0.3, 0.4) is 0 Å². The van der Waals surface area contributed by atoms with Crippen LogP contribution in [0.15, 0.2) is 12.4 Å². The van der Waals surface area contributed by atoms with Gasteiger partial charge in [-0.2, -0.15) is 5.10 Å². The normalized spacial score (nSPS) is 17.5. The first-order chi connectivity index (χ1) is 7.25. The third kappa shape index (κ3) is 2.74. The number of nitrogens with zero attached hydrogens (tertiary/aromatic N) is 2. The minimum absolute atomic E-state index is 0.652. The van der Waals surface area contributed by atoms with E-state index in [9.17, 15) is 0 Å². The smallest absolute Gasteiger partial charge is 0.0726 e. The molecule has 0 atom stereocenters. The van der Waals surface area contributed by atoms with Crippen molar-refractivity contribution in [3.05, 3.63) is 12.4 Å². The summed E-state index contributed by atoms with van der Waals surface area (Å²) >= 11 is 0. The highest BCUT2D eigenvalue weighted by Gasteiger charge is 2.17. The van der Waals surface area contributed by atoms with Crippen LogP contribution >= 0.6 is 0 Å². The topological polar surface area (TPSA) is 29.9 Å². The van der Waals surface area contributed by atoms with E-state index in [1.165, 1.54) is 25.7 Å². The van der Waals surface area contributed by atoms with Crippen molar-refractivity contribution in [2.75, 3.05) is 11.9 Å². The van der Waals surface area contributed by atoms with E-state index in [4.69, 9.17) is 0 Å². The molecule has 2 rings (SSSR count). The molecular formula is C12H21N3. The van der Waals surface area contributed by atoms with Crippen LogP contribution in [0.2, 0.25) is 0 Å². The molecule has 1 aliphatic carbocycles. The quantitative estimate of drug-likeness (QED) is 0.822. The summed E-state index contributed by atoms with van der Waals surface area (Å²) in [6.07, 6.45) is 9.41. The highest BCUT2D eigenvalue weighted by molar-refractivity contribution is 5.38. The van der Waals surface area contributed by atoms with E-state index in [0.717, 1.165) is 12.2 Å². The first kappa shape index (κ1) is 10.5. The molecule has 1 aromatic heterocycles. The van der Waals surface area contributed by atoms with Gasteiger partial charge in [0, 0.05) is 12.7 Å². The van der Waals surface area contributed by atoms with Gasteiger partial charge in [0.25, 0.3) is 0 Å². The minimum Gasteiger partial charge on any atom is -0.382 e. The Kier molecular flexibility index (Phi) is 3.29. The van der Waals surface area contributed by atoms with Gasteiger partial charge in [0.2, 0.25) is 0 Å². The summed E-state index contributed by atoms with van der Waals surface area (Å²) in [4.78, 5) is 0. The van der Waals surface area contributed by atoms with Crippen LogP contribution in [0.25, 0.3) is 0 Å². The fraction of sp³-hybridized carbons (Fsp3) is 0.750. The second-order valence-corrected chi connectivity index (χ2v) is 4.92. The summed E-state index contributed by atoms with van der Waals surface area (Å²) in [5.41, 5.74) is 1.16. The molecule has 0 unspecified atom stereocenters. The molecule has 0 amide bonds. The van der Waals surface area contributed by atoms with Crippen molar-refractivity contribution >= 4 is 5.69 Å². The summed E-state index contributed by atoms with van der Waals surface area (Å²) < 4.78 is 2.13. The number of hydrogen-bond acceptors (Lipinski definition) is 2. The van der Waals surface area contributed by atoms with Gasteiger partial charge in [-0.3, -0.25) is 4.68 Å². The van der Waals surface area contributed by atoms with Gasteiger partial charge in [0.15, 0.2) is 0 Å². The van der Waals surface area contributed by atoms with Crippen molar-refractivity contribution in [3.63, 3.8) is 0 Å². The van der Waals surface area contributed by atoms with Crippen LogP contribution in [0, 0.1) is 5.92 Å². The maximum atomic E-state index is 4.43. The lowest BCUT2D eigenvalue weighted by molar-refractivity contribution is 0.467. The molecule has 0 radical (unpaired) electrons. The van der Waals surface area contributed by atoms with Gasteiger partial charge < -0.3 is 5.32 Å². The zero-order valence-electron chi connectivity index (χ0n) is 9.74. The maximum Gasteiger partial charge on any atom is 0.0726 e. The van der Waals surface area contributed by atoms with Gasteiger partial charge in [0.05, 0.1) is 17.9 Å². The van der Waals surface area contributed by atoms with E-state index in [0.29, 0.717) is 12.0 Å². The molecule has 1 aromatic rings. The molecule has 0 saturated heterocycles. The molecule has 1 fully saturated rings. The molecule has 0 bridgehead atoms. The van der Waals surface area contributed by atoms with E-state index in [1.807, 2.05) is 6.20 Å². The van der Waals surface area contributed by atoms with Gasteiger partial charge in [0.1, 0.15) is 0 Å². The van der Waals surface area contributed by atoms with Crippen molar-refractivity contribution in [3.8, 4) is 0 Å². The summed E-state index contributed by atoms with van der Waals surface area (Å²) in [6.45, 7) is 5.46. The molecule has 1 heterocycles. The van der Waals surface area contributed by atoms with E-state index in [2.05, 4.69) is 35.1 Å².